The zero-order valence-electron chi connectivity index (χ0n) is 11.6. The normalized spacial score (nSPS) is 10.7. The van der Waals surface area contributed by atoms with Crippen LogP contribution in [0.1, 0.15) is 18.9 Å². The lowest BCUT2D eigenvalue weighted by atomic mass is 10.2. The zero-order valence-corrected chi connectivity index (χ0v) is 12.4. The Morgan fingerprint density at radius 1 is 1.10 bits per heavy atom. The van der Waals surface area contributed by atoms with Gasteiger partial charge in [-0.1, -0.05) is 30.7 Å². The first-order valence-corrected chi connectivity index (χ1v) is 7.11. The quantitative estimate of drug-likeness (QED) is 0.765. The van der Waals surface area contributed by atoms with E-state index in [1.165, 1.54) is 12.1 Å². The Kier molecular flexibility index (Phi) is 5.53. The van der Waals surface area contributed by atoms with Crippen LogP contribution < -0.4 is 10.1 Å². The molecule has 2 rings (SSSR count). The van der Waals surface area contributed by atoms with Gasteiger partial charge in [-0.15, -0.1) is 0 Å². The highest BCUT2D eigenvalue weighted by molar-refractivity contribution is 6.31. The van der Waals surface area contributed by atoms with Crippen LogP contribution in [0, 0.1) is 11.6 Å². The summed E-state index contributed by atoms with van der Waals surface area (Å²) in [6.45, 7) is 3.39. The third-order valence-electron chi connectivity index (χ3n) is 2.94. The van der Waals surface area contributed by atoms with E-state index in [2.05, 4.69) is 12.2 Å². The van der Waals surface area contributed by atoms with Gasteiger partial charge in [0.1, 0.15) is 5.75 Å². The molecule has 0 aromatic heterocycles. The van der Waals surface area contributed by atoms with Gasteiger partial charge in [-0.25, -0.2) is 4.39 Å². The lowest BCUT2D eigenvalue weighted by molar-refractivity contribution is 0.412. The summed E-state index contributed by atoms with van der Waals surface area (Å²) < 4.78 is 32.4. The van der Waals surface area contributed by atoms with Crippen LogP contribution in [0.2, 0.25) is 5.02 Å². The van der Waals surface area contributed by atoms with Crippen LogP contribution in [0.15, 0.2) is 36.4 Å². The number of rotatable bonds is 6. The fraction of sp³-hybridized carbons (Fsp3) is 0.250. The molecular formula is C16H16ClF2NO. The van der Waals surface area contributed by atoms with Crippen molar-refractivity contribution in [3.63, 3.8) is 0 Å². The minimum Gasteiger partial charge on any atom is -0.454 e. The molecule has 0 spiro atoms. The fourth-order valence-electron chi connectivity index (χ4n) is 1.88. The molecule has 0 radical (unpaired) electrons. The second kappa shape index (κ2) is 7.38. The van der Waals surface area contributed by atoms with Crippen LogP contribution in [-0.2, 0) is 6.54 Å². The van der Waals surface area contributed by atoms with E-state index in [1.54, 1.807) is 18.2 Å². The van der Waals surface area contributed by atoms with Crippen LogP contribution in [0.3, 0.4) is 0 Å². The summed E-state index contributed by atoms with van der Waals surface area (Å²) in [5.74, 6) is -1.70. The molecule has 0 heterocycles. The number of ether oxygens (including phenoxy) is 1. The summed E-state index contributed by atoms with van der Waals surface area (Å²) in [5.41, 5.74) is 0.719. The first kappa shape index (κ1) is 15.7. The van der Waals surface area contributed by atoms with Crippen molar-refractivity contribution >= 4 is 11.6 Å². The van der Waals surface area contributed by atoms with E-state index < -0.39 is 11.6 Å². The number of hydrogen-bond acceptors (Lipinski definition) is 2. The Morgan fingerprint density at radius 2 is 1.81 bits per heavy atom. The summed E-state index contributed by atoms with van der Waals surface area (Å²) in [7, 11) is 0. The van der Waals surface area contributed by atoms with Crippen LogP contribution in [0.5, 0.6) is 11.5 Å². The van der Waals surface area contributed by atoms with Gasteiger partial charge in [-0.05, 0) is 37.2 Å². The lowest BCUT2D eigenvalue weighted by Gasteiger charge is -2.14. The van der Waals surface area contributed by atoms with Crippen LogP contribution in [-0.4, -0.2) is 6.54 Å². The smallest absolute Gasteiger partial charge is 0.201 e. The second-order valence-corrected chi connectivity index (χ2v) is 4.95. The van der Waals surface area contributed by atoms with Gasteiger partial charge in [0, 0.05) is 17.1 Å². The minimum absolute atomic E-state index is 0.158. The Morgan fingerprint density at radius 3 is 2.57 bits per heavy atom. The largest absolute Gasteiger partial charge is 0.454 e. The van der Waals surface area contributed by atoms with E-state index in [4.69, 9.17) is 16.3 Å². The molecule has 0 saturated carbocycles. The average molecular weight is 312 g/mol. The zero-order chi connectivity index (χ0) is 15.2. The highest BCUT2D eigenvalue weighted by Crippen LogP contribution is 2.32. The molecule has 0 fully saturated rings. The van der Waals surface area contributed by atoms with Gasteiger partial charge in [0.15, 0.2) is 11.6 Å². The molecule has 1 N–H and O–H groups in total. The van der Waals surface area contributed by atoms with Crippen molar-refractivity contribution in [2.75, 3.05) is 6.54 Å². The highest BCUT2D eigenvalue weighted by Gasteiger charge is 2.13. The number of hydrogen-bond donors (Lipinski definition) is 1. The van der Waals surface area contributed by atoms with Crippen LogP contribution >= 0.6 is 11.6 Å². The first-order chi connectivity index (χ1) is 10.1. The third kappa shape index (κ3) is 3.93. The standard InChI is InChI=1S/C16H16ClF2NO/c1-2-9-20-10-11-12(17)5-3-7-14(11)21-15-8-4-6-13(18)16(15)19/h3-8,20H,2,9-10H2,1H3. The van der Waals surface area contributed by atoms with E-state index in [9.17, 15) is 8.78 Å². The van der Waals surface area contributed by atoms with E-state index in [-0.39, 0.29) is 5.75 Å². The van der Waals surface area contributed by atoms with Crippen LogP contribution in [0.25, 0.3) is 0 Å². The number of halogens is 3. The van der Waals surface area contributed by atoms with Crippen molar-refractivity contribution in [2.45, 2.75) is 19.9 Å². The van der Waals surface area contributed by atoms with Crippen molar-refractivity contribution < 1.29 is 13.5 Å². The molecule has 5 heteroatoms. The Bertz CT molecular complexity index is 619. The lowest BCUT2D eigenvalue weighted by Crippen LogP contribution is -2.14. The van der Waals surface area contributed by atoms with Crippen LogP contribution in [0.4, 0.5) is 8.78 Å². The average Bonchev–Trinajstić information content (AvgIpc) is 2.47. The molecule has 2 aromatic carbocycles. The van der Waals surface area contributed by atoms with Gasteiger partial charge < -0.3 is 10.1 Å². The minimum atomic E-state index is -1.01. The maximum atomic E-state index is 13.7. The maximum Gasteiger partial charge on any atom is 0.201 e. The molecule has 0 bridgehead atoms. The van der Waals surface area contributed by atoms with Gasteiger partial charge in [0.25, 0.3) is 0 Å². The predicted octanol–water partition coefficient (Wildman–Crippen LogP) is 4.91. The molecule has 0 aliphatic carbocycles. The molecule has 21 heavy (non-hydrogen) atoms. The summed E-state index contributed by atoms with van der Waals surface area (Å²) in [6.07, 6.45) is 0.985. The molecule has 2 aromatic rings. The molecule has 112 valence electrons. The molecule has 2 nitrogen and oxygen atoms in total. The SMILES string of the molecule is CCCNCc1c(Cl)cccc1Oc1cccc(F)c1F. The van der Waals surface area contributed by atoms with E-state index >= 15 is 0 Å². The molecule has 0 amide bonds. The number of nitrogens with one attached hydrogen (secondary N) is 1. The Balaban J connectivity index is 2.27. The van der Waals surface area contributed by atoms with Crippen molar-refractivity contribution in [1.29, 1.82) is 0 Å². The monoisotopic (exact) mass is 311 g/mol. The first-order valence-electron chi connectivity index (χ1n) is 6.73. The maximum absolute atomic E-state index is 13.7. The Hall–Kier alpha value is -1.65. The van der Waals surface area contributed by atoms with Gasteiger partial charge in [-0.3, -0.25) is 0 Å². The predicted molar refractivity (Wildman–Crippen MR) is 79.9 cm³/mol. The Labute approximate surface area is 127 Å². The molecule has 0 unspecified atom stereocenters. The summed E-state index contributed by atoms with van der Waals surface area (Å²) >= 11 is 6.16. The summed E-state index contributed by atoms with van der Waals surface area (Å²) in [4.78, 5) is 0. The summed E-state index contributed by atoms with van der Waals surface area (Å²) in [6, 6.07) is 8.94. The van der Waals surface area contributed by atoms with Crippen molar-refractivity contribution in [1.82, 2.24) is 5.32 Å². The molecule has 0 aliphatic rings. The van der Waals surface area contributed by atoms with Gasteiger partial charge in [0.2, 0.25) is 5.82 Å². The van der Waals surface area contributed by atoms with Gasteiger partial charge in [-0.2, -0.15) is 4.39 Å². The van der Waals surface area contributed by atoms with Crippen molar-refractivity contribution in [3.8, 4) is 11.5 Å². The van der Waals surface area contributed by atoms with Gasteiger partial charge >= 0.3 is 0 Å². The molecule has 0 aliphatic heterocycles. The van der Waals surface area contributed by atoms with E-state index in [0.717, 1.165) is 24.6 Å². The third-order valence-corrected chi connectivity index (χ3v) is 3.29. The van der Waals surface area contributed by atoms with Crippen molar-refractivity contribution in [2.24, 2.45) is 0 Å². The summed E-state index contributed by atoms with van der Waals surface area (Å²) in [5, 5.41) is 3.73. The van der Waals surface area contributed by atoms with E-state index in [1.807, 2.05) is 0 Å². The molecule has 0 atom stereocenters. The molecular weight excluding hydrogens is 296 g/mol. The van der Waals surface area contributed by atoms with E-state index in [0.29, 0.717) is 17.3 Å². The number of benzene rings is 2. The fourth-order valence-corrected chi connectivity index (χ4v) is 2.11. The topological polar surface area (TPSA) is 21.3 Å². The molecule has 0 saturated heterocycles. The highest BCUT2D eigenvalue weighted by atomic mass is 35.5. The van der Waals surface area contributed by atoms with Crippen molar-refractivity contribution in [3.05, 3.63) is 58.6 Å². The van der Waals surface area contributed by atoms with Gasteiger partial charge in [0.05, 0.1) is 0 Å². The second-order valence-electron chi connectivity index (χ2n) is 4.55.